The minimum Gasteiger partial charge on any atom is -0.387 e. The molecule has 0 saturated heterocycles. The number of aliphatic hydroxyl groups is 1. The summed E-state index contributed by atoms with van der Waals surface area (Å²) < 4.78 is 27.5. The summed E-state index contributed by atoms with van der Waals surface area (Å²) >= 11 is 4.78. The normalized spacial score (nSPS) is 14.3. The minimum absolute atomic E-state index is 0.0959. The lowest BCUT2D eigenvalue weighted by atomic mass is 9.92. The highest BCUT2D eigenvalue weighted by Gasteiger charge is 2.24. The lowest BCUT2D eigenvalue weighted by Gasteiger charge is -2.21. The van der Waals surface area contributed by atoms with E-state index in [1.54, 1.807) is 0 Å². The molecule has 6 heteroatoms. The molecule has 0 spiro atoms. The van der Waals surface area contributed by atoms with Gasteiger partial charge >= 0.3 is 0 Å². The van der Waals surface area contributed by atoms with E-state index in [2.05, 4.69) is 15.9 Å². The molecule has 0 saturated carbocycles. The SMILES string of the molecule is Cc1cc(C(O)C(CN)c2cc(F)cc(F)c2)sc1Br. The average Bonchev–Trinajstić information content (AvgIpc) is 2.69. The van der Waals surface area contributed by atoms with Crippen LogP contribution in [0.5, 0.6) is 0 Å². The Labute approximate surface area is 128 Å². The second kappa shape index (κ2) is 6.30. The van der Waals surface area contributed by atoms with E-state index in [1.807, 2.05) is 13.0 Å². The first-order valence-corrected chi connectivity index (χ1v) is 7.63. The van der Waals surface area contributed by atoms with Crippen molar-refractivity contribution in [1.29, 1.82) is 0 Å². The van der Waals surface area contributed by atoms with E-state index in [4.69, 9.17) is 5.73 Å². The molecule has 20 heavy (non-hydrogen) atoms. The van der Waals surface area contributed by atoms with E-state index >= 15 is 0 Å². The average molecular weight is 362 g/mol. The van der Waals surface area contributed by atoms with E-state index in [0.29, 0.717) is 5.56 Å². The fraction of sp³-hybridized carbons (Fsp3) is 0.286. The summed E-state index contributed by atoms with van der Waals surface area (Å²) in [6, 6.07) is 5.06. The van der Waals surface area contributed by atoms with Crippen molar-refractivity contribution in [3.8, 4) is 0 Å². The molecule has 0 aliphatic carbocycles. The third kappa shape index (κ3) is 3.25. The van der Waals surface area contributed by atoms with Crippen LogP contribution in [0.15, 0.2) is 28.1 Å². The predicted molar refractivity (Wildman–Crippen MR) is 79.9 cm³/mol. The smallest absolute Gasteiger partial charge is 0.126 e. The van der Waals surface area contributed by atoms with E-state index < -0.39 is 23.7 Å². The van der Waals surface area contributed by atoms with Crippen LogP contribution in [0.25, 0.3) is 0 Å². The molecule has 0 aliphatic rings. The molecule has 0 fully saturated rings. The van der Waals surface area contributed by atoms with Gasteiger partial charge in [0.1, 0.15) is 11.6 Å². The molecular formula is C14H14BrF2NOS. The highest BCUT2D eigenvalue weighted by molar-refractivity contribution is 9.11. The number of benzene rings is 1. The number of aryl methyl sites for hydroxylation is 1. The van der Waals surface area contributed by atoms with Gasteiger partial charge in [-0.1, -0.05) is 0 Å². The number of nitrogens with two attached hydrogens (primary N) is 1. The maximum atomic E-state index is 13.3. The Bertz CT molecular complexity index is 577. The molecule has 1 aromatic heterocycles. The topological polar surface area (TPSA) is 46.2 Å². The Hall–Kier alpha value is -0.820. The highest BCUT2D eigenvalue weighted by atomic mass is 79.9. The summed E-state index contributed by atoms with van der Waals surface area (Å²) in [7, 11) is 0. The summed E-state index contributed by atoms with van der Waals surface area (Å²) in [6.45, 7) is 2.01. The minimum atomic E-state index is -0.892. The zero-order valence-electron chi connectivity index (χ0n) is 10.7. The van der Waals surface area contributed by atoms with Crippen molar-refractivity contribution in [2.45, 2.75) is 18.9 Å². The van der Waals surface area contributed by atoms with Crippen LogP contribution in [0, 0.1) is 18.6 Å². The van der Waals surface area contributed by atoms with Gasteiger partial charge in [-0.25, -0.2) is 8.78 Å². The lowest BCUT2D eigenvalue weighted by molar-refractivity contribution is 0.151. The Morgan fingerprint density at radius 1 is 1.25 bits per heavy atom. The first-order valence-electron chi connectivity index (χ1n) is 6.02. The number of halogens is 3. The summed E-state index contributed by atoms with van der Waals surface area (Å²) in [5.74, 6) is -1.89. The molecule has 2 unspecified atom stereocenters. The van der Waals surface area contributed by atoms with Crippen molar-refractivity contribution in [1.82, 2.24) is 0 Å². The third-order valence-electron chi connectivity index (χ3n) is 3.12. The molecule has 2 atom stereocenters. The largest absolute Gasteiger partial charge is 0.387 e. The van der Waals surface area contributed by atoms with Gasteiger partial charge in [0.05, 0.1) is 9.89 Å². The number of hydrogen-bond donors (Lipinski definition) is 2. The first kappa shape index (κ1) is 15.6. The van der Waals surface area contributed by atoms with Crippen LogP contribution >= 0.6 is 27.3 Å². The van der Waals surface area contributed by atoms with Crippen molar-refractivity contribution in [3.05, 3.63) is 55.7 Å². The zero-order valence-corrected chi connectivity index (χ0v) is 13.1. The summed E-state index contributed by atoms with van der Waals surface area (Å²) in [5, 5.41) is 10.4. The summed E-state index contributed by atoms with van der Waals surface area (Å²) in [4.78, 5) is 0.717. The standard InChI is InChI=1S/C14H14BrF2NOS/c1-7-2-12(20-14(7)15)13(19)11(6-18)8-3-9(16)5-10(17)4-8/h2-5,11,13,19H,6,18H2,1H3. The second-order valence-corrected chi connectivity index (χ2v) is 7.00. The monoisotopic (exact) mass is 361 g/mol. The maximum Gasteiger partial charge on any atom is 0.126 e. The molecule has 0 amide bonds. The first-order chi connectivity index (χ1) is 9.42. The molecule has 1 heterocycles. The number of hydrogen-bond acceptors (Lipinski definition) is 3. The van der Waals surface area contributed by atoms with Crippen LogP contribution in [0.3, 0.4) is 0 Å². The van der Waals surface area contributed by atoms with Gasteiger partial charge in [-0.2, -0.15) is 0 Å². The molecule has 0 aliphatic heterocycles. The maximum absolute atomic E-state index is 13.3. The number of aliphatic hydroxyl groups excluding tert-OH is 1. The van der Waals surface area contributed by atoms with E-state index in [0.717, 1.165) is 20.3 Å². The van der Waals surface area contributed by atoms with Gasteiger partial charge in [-0.15, -0.1) is 11.3 Å². The van der Waals surface area contributed by atoms with Crippen LogP contribution in [0.4, 0.5) is 8.78 Å². The number of rotatable bonds is 4. The lowest BCUT2D eigenvalue weighted by Crippen LogP contribution is -2.20. The van der Waals surface area contributed by atoms with Crippen LogP contribution in [0.2, 0.25) is 0 Å². The van der Waals surface area contributed by atoms with Crippen molar-refractivity contribution >= 4 is 27.3 Å². The molecule has 0 bridgehead atoms. The number of thiophene rings is 1. The van der Waals surface area contributed by atoms with Gasteiger partial charge in [-0.3, -0.25) is 0 Å². The van der Waals surface area contributed by atoms with E-state index in [-0.39, 0.29) is 6.54 Å². The van der Waals surface area contributed by atoms with Crippen molar-refractivity contribution < 1.29 is 13.9 Å². The van der Waals surface area contributed by atoms with Gasteiger partial charge in [0, 0.05) is 23.4 Å². The van der Waals surface area contributed by atoms with Crippen molar-refractivity contribution in [2.24, 2.45) is 5.73 Å². The van der Waals surface area contributed by atoms with Crippen molar-refractivity contribution in [2.75, 3.05) is 6.54 Å². The Balaban J connectivity index is 2.36. The quantitative estimate of drug-likeness (QED) is 0.867. The van der Waals surface area contributed by atoms with Gasteiger partial charge < -0.3 is 10.8 Å². The fourth-order valence-corrected chi connectivity index (χ4v) is 3.69. The van der Waals surface area contributed by atoms with Gasteiger partial charge in [0.25, 0.3) is 0 Å². The van der Waals surface area contributed by atoms with E-state index in [9.17, 15) is 13.9 Å². The summed E-state index contributed by atoms with van der Waals surface area (Å²) in [5.41, 5.74) is 7.04. The molecule has 3 N–H and O–H groups in total. The van der Waals surface area contributed by atoms with Gasteiger partial charge in [-0.05, 0) is 52.2 Å². The Kier molecular flexibility index (Phi) is 4.90. The highest BCUT2D eigenvalue weighted by Crippen LogP contribution is 2.38. The van der Waals surface area contributed by atoms with E-state index in [1.165, 1.54) is 23.5 Å². The van der Waals surface area contributed by atoms with Gasteiger partial charge in [0.15, 0.2) is 0 Å². The van der Waals surface area contributed by atoms with Crippen LogP contribution < -0.4 is 5.73 Å². The molecule has 2 rings (SSSR count). The summed E-state index contributed by atoms with van der Waals surface area (Å²) in [6.07, 6.45) is -0.892. The van der Waals surface area contributed by atoms with Gasteiger partial charge in [0.2, 0.25) is 0 Å². The molecule has 2 aromatic rings. The Morgan fingerprint density at radius 3 is 2.30 bits per heavy atom. The molecule has 108 valence electrons. The Morgan fingerprint density at radius 2 is 1.85 bits per heavy atom. The third-order valence-corrected chi connectivity index (χ3v) is 5.32. The molecule has 1 aromatic carbocycles. The molecular weight excluding hydrogens is 348 g/mol. The van der Waals surface area contributed by atoms with Crippen LogP contribution in [-0.2, 0) is 0 Å². The van der Waals surface area contributed by atoms with Crippen LogP contribution in [-0.4, -0.2) is 11.7 Å². The predicted octanol–water partition coefficient (Wildman–Crippen LogP) is 3.87. The van der Waals surface area contributed by atoms with Crippen molar-refractivity contribution in [3.63, 3.8) is 0 Å². The second-order valence-electron chi connectivity index (χ2n) is 4.60. The van der Waals surface area contributed by atoms with Crippen LogP contribution in [0.1, 0.15) is 28.0 Å². The fourth-order valence-electron chi connectivity index (χ4n) is 2.06. The molecule has 2 nitrogen and oxygen atoms in total. The zero-order chi connectivity index (χ0) is 14.9. The molecule has 0 radical (unpaired) electrons.